The normalized spacial score (nSPS) is 16.3. The first kappa shape index (κ1) is 21.9. The predicted octanol–water partition coefficient (Wildman–Crippen LogP) is 5.84. The predicted molar refractivity (Wildman–Crippen MR) is 136 cm³/mol. The summed E-state index contributed by atoms with van der Waals surface area (Å²) in [5.41, 5.74) is 10.0. The number of hydrogen-bond acceptors (Lipinski definition) is 4. The van der Waals surface area contributed by atoms with Crippen molar-refractivity contribution in [1.29, 1.82) is 0 Å². The van der Waals surface area contributed by atoms with E-state index >= 15 is 0 Å². The van der Waals surface area contributed by atoms with Crippen LogP contribution in [0.2, 0.25) is 5.02 Å². The van der Waals surface area contributed by atoms with Gasteiger partial charge in [0.2, 0.25) is 0 Å². The van der Waals surface area contributed by atoms with E-state index in [0.717, 1.165) is 36.0 Å². The molecule has 5 rings (SSSR count). The number of likely N-dealkylation sites (tertiary alicyclic amines) is 1. The summed E-state index contributed by atoms with van der Waals surface area (Å²) in [6, 6.07) is 26.8. The van der Waals surface area contributed by atoms with Crippen LogP contribution in [0, 0.1) is 0 Å². The van der Waals surface area contributed by atoms with Crippen LogP contribution in [0.1, 0.15) is 24.0 Å². The smallest absolute Gasteiger partial charge is 0.119 e. The van der Waals surface area contributed by atoms with E-state index in [1.807, 2.05) is 30.3 Å². The Hall–Kier alpha value is -2.95. The molecule has 0 aromatic heterocycles. The number of benzene rings is 3. The lowest BCUT2D eigenvalue weighted by molar-refractivity contribution is 0.306. The molecule has 0 saturated carbocycles. The van der Waals surface area contributed by atoms with Gasteiger partial charge in [0.05, 0.1) is 12.2 Å². The summed E-state index contributed by atoms with van der Waals surface area (Å²) in [4.78, 5) is 2.57. The molecule has 33 heavy (non-hydrogen) atoms. The van der Waals surface area contributed by atoms with Crippen LogP contribution in [-0.2, 0) is 13.0 Å². The molecule has 0 bridgehead atoms. The van der Waals surface area contributed by atoms with Crippen molar-refractivity contribution in [1.82, 2.24) is 10.3 Å². The minimum atomic E-state index is 0.578. The summed E-state index contributed by atoms with van der Waals surface area (Å²) in [5.74, 6) is 0.883. The molecule has 2 heterocycles. The fraction of sp³-hybridized carbons (Fsp3) is 0.286. The van der Waals surface area contributed by atoms with Crippen LogP contribution in [0.4, 0.5) is 5.69 Å². The maximum absolute atomic E-state index is 6.09. The van der Waals surface area contributed by atoms with Gasteiger partial charge in [-0.15, -0.1) is 0 Å². The van der Waals surface area contributed by atoms with Gasteiger partial charge in [-0.3, -0.25) is 9.91 Å². The first-order chi connectivity index (χ1) is 16.2. The summed E-state index contributed by atoms with van der Waals surface area (Å²) < 4.78 is 5.96. The van der Waals surface area contributed by atoms with Gasteiger partial charge in [0.15, 0.2) is 0 Å². The minimum Gasteiger partial charge on any atom is -0.489 e. The molecule has 1 fully saturated rings. The van der Waals surface area contributed by atoms with Crippen LogP contribution >= 0.6 is 11.6 Å². The van der Waals surface area contributed by atoms with Crippen molar-refractivity contribution < 1.29 is 4.74 Å². The highest BCUT2D eigenvalue weighted by Gasteiger charge is 2.24. The van der Waals surface area contributed by atoms with Gasteiger partial charge < -0.3 is 10.2 Å². The molecule has 170 valence electrons. The van der Waals surface area contributed by atoms with Gasteiger partial charge in [0, 0.05) is 23.7 Å². The second-order valence-corrected chi connectivity index (χ2v) is 9.27. The fourth-order valence-corrected chi connectivity index (χ4v) is 4.64. The van der Waals surface area contributed by atoms with Crippen molar-refractivity contribution >= 4 is 17.3 Å². The lowest BCUT2D eigenvalue weighted by Crippen LogP contribution is -2.32. The van der Waals surface area contributed by atoms with E-state index in [9.17, 15) is 0 Å². The van der Waals surface area contributed by atoms with Gasteiger partial charge >= 0.3 is 0 Å². The van der Waals surface area contributed by atoms with E-state index in [1.165, 1.54) is 48.3 Å². The average molecular weight is 460 g/mol. The van der Waals surface area contributed by atoms with E-state index < -0.39 is 0 Å². The number of nitrogens with one attached hydrogen (secondary N) is 1. The van der Waals surface area contributed by atoms with Gasteiger partial charge in [-0.25, -0.2) is 0 Å². The second kappa shape index (κ2) is 10.3. The molecule has 1 N–H and O–H groups in total. The van der Waals surface area contributed by atoms with Crippen molar-refractivity contribution in [3.05, 3.63) is 106 Å². The molecule has 2 aliphatic heterocycles. The van der Waals surface area contributed by atoms with E-state index in [-0.39, 0.29) is 0 Å². The highest BCUT2D eigenvalue weighted by atomic mass is 35.5. The Balaban J connectivity index is 1.26. The van der Waals surface area contributed by atoms with Gasteiger partial charge in [-0.2, -0.15) is 0 Å². The zero-order chi connectivity index (χ0) is 22.5. The van der Waals surface area contributed by atoms with Gasteiger partial charge in [0.1, 0.15) is 12.4 Å². The number of rotatable bonds is 8. The lowest BCUT2D eigenvalue weighted by Gasteiger charge is -2.21. The van der Waals surface area contributed by atoms with Crippen LogP contribution < -0.4 is 15.2 Å². The topological polar surface area (TPSA) is 27.7 Å². The van der Waals surface area contributed by atoms with Crippen LogP contribution in [0.5, 0.6) is 5.75 Å². The third-order valence-electron chi connectivity index (χ3n) is 6.35. The SMILES string of the molecule is Clc1ccc(CC2=C(CN3CCCC3)CN(c3ccc(OCc4ccccc4)cc3)N2)cc1. The Labute approximate surface area is 201 Å². The second-order valence-electron chi connectivity index (χ2n) is 8.83. The van der Waals surface area contributed by atoms with E-state index in [2.05, 4.69) is 63.9 Å². The fourth-order valence-electron chi connectivity index (χ4n) is 4.51. The Morgan fingerprint density at radius 3 is 2.27 bits per heavy atom. The molecule has 0 aliphatic carbocycles. The van der Waals surface area contributed by atoms with E-state index in [4.69, 9.17) is 16.3 Å². The van der Waals surface area contributed by atoms with Crippen molar-refractivity contribution in [3.63, 3.8) is 0 Å². The monoisotopic (exact) mass is 459 g/mol. The molecule has 2 aliphatic rings. The van der Waals surface area contributed by atoms with E-state index in [0.29, 0.717) is 6.61 Å². The zero-order valence-corrected chi connectivity index (χ0v) is 19.6. The molecular formula is C28H30ClN3O. The van der Waals surface area contributed by atoms with Crippen LogP contribution in [0.25, 0.3) is 0 Å². The number of anilines is 1. The number of ether oxygens (including phenoxy) is 1. The summed E-state index contributed by atoms with van der Waals surface area (Å²) in [6.07, 6.45) is 3.50. The molecule has 5 heteroatoms. The Morgan fingerprint density at radius 2 is 1.55 bits per heavy atom. The number of halogens is 1. The Kier molecular flexibility index (Phi) is 6.84. The first-order valence-electron chi connectivity index (χ1n) is 11.7. The van der Waals surface area contributed by atoms with Crippen molar-refractivity contribution in [2.45, 2.75) is 25.9 Å². The quantitative estimate of drug-likeness (QED) is 0.458. The summed E-state index contributed by atoms with van der Waals surface area (Å²) in [7, 11) is 0. The minimum absolute atomic E-state index is 0.578. The number of nitrogens with zero attached hydrogens (tertiary/aromatic N) is 2. The first-order valence-corrected chi connectivity index (χ1v) is 12.1. The Bertz CT molecular complexity index is 1070. The lowest BCUT2D eigenvalue weighted by atomic mass is 10.1. The molecule has 4 nitrogen and oxygen atoms in total. The van der Waals surface area contributed by atoms with E-state index in [1.54, 1.807) is 0 Å². The third-order valence-corrected chi connectivity index (χ3v) is 6.60. The molecule has 0 radical (unpaired) electrons. The zero-order valence-electron chi connectivity index (χ0n) is 18.8. The largest absolute Gasteiger partial charge is 0.489 e. The summed E-state index contributed by atoms with van der Waals surface area (Å²) in [5, 5.41) is 3.03. The summed E-state index contributed by atoms with van der Waals surface area (Å²) in [6.45, 7) is 4.90. The van der Waals surface area contributed by atoms with Crippen LogP contribution in [0.15, 0.2) is 90.1 Å². The van der Waals surface area contributed by atoms with Crippen molar-refractivity contribution in [2.24, 2.45) is 0 Å². The molecule has 3 aromatic carbocycles. The average Bonchev–Trinajstić information content (AvgIpc) is 3.51. The number of hydrogen-bond donors (Lipinski definition) is 1. The van der Waals surface area contributed by atoms with Gasteiger partial charge in [-0.05, 0) is 79.0 Å². The standard InChI is InChI=1S/C28H30ClN3O/c29-25-10-8-22(9-11-25)18-28-24(19-31-16-4-5-17-31)20-32(30-28)26-12-14-27(15-13-26)33-21-23-6-2-1-3-7-23/h1-3,6-15,30H,4-5,16-21H2. The third kappa shape index (κ3) is 5.70. The van der Waals surface area contributed by atoms with Gasteiger partial charge in [0.25, 0.3) is 0 Å². The van der Waals surface area contributed by atoms with Gasteiger partial charge in [-0.1, -0.05) is 54.1 Å². The molecule has 0 unspecified atom stereocenters. The molecule has 1 saturated heterocycles. The maximum atomic E-state index is 6.09. The van der Waals surface area contributed by atoms with Crippen LogP contribution in [-0.4, -0.2) is 31.1 Å². The molecule has 3 aromatic rings. The van der Waals surface area contributed by atoms with Crippen molar-refractivity contribution in [3.8, 4) is 5.75 Å². The van der Waals surface area contributed by atoms with Crippen LogP contribution in [0.3, 0.4) is 0 Å². The number of allylic oxidation sites excluding steroid dienone is 1. The molecule has 0 amide bonds. The maximum Gasteiger partial charge on any atom is 0.119 e. The number of hydrazine groups is 1. The highest BCUT2D eigenvalue weighted by molar-refractivity contribution is 6.30. The molecule has 0 spiro atoms. The summed E-state index contributed by atoms with van der Waals surface area (Å²) >= 11 is 6.09. The highest BCUT2D eigenvalue weighted by Crippen LogP contribution is 2.27. The van der Waals surface area contributed by atoms with Crippen molar-refractivity contribution in [2.75, 3.05) is 31.2 Å². The molecular weight excluding hydrogens is 430 g/mol. The Morgan fingerprint density at radius 1 is 0.818 bits per heavy atom. The molecule has 0 atom stereocenters.